The summed E-state index contributed by atoms with van der Waals surface area (Å²) < 4.78 is 19.7. The van der Waals surface area contributed by atoms with E-state index >= 15 is 0 Å². The summed E-state index contributed by atoms with van der Waals surface area (Å²) in [6.07, 6.45) is 8.88. The Labute approximate surface area is 163 Å². The molecule has 0 bridgehead atoms. The van der Waals surface area contributed by atoms with E-state index in [0.29, 0.717) is 11.6 Å². The number of nitrogens with zero attached hydrogens (tertiary/aromatic N) is 3. The molecule has 0 fully saturated rings. The predicted octanol–water partition coefficient (Wildman–Crippen LogP) is 5.32. The largest absolute Gasteiger partial charge is 0.491 e. The Hall–Kier alpha value is -2.99. The van der Waals surface area contributed by atoms with Crippen molar-refractivity contribution >= 4 is 34.3 Å². The molecule has 2 heterocycles. The van der Waals surface area contributed by atoms with Gasteiger partial charge >= 0.3 is 0 Å². The molecule has 140 valence electrons. The van der Waals surface area contributed by atoms with Gasteiger partial charge in [-0.25, -0.2) is 14.4 Å². The zero-order valence-corrected chi connectivity index (χ0v) is 15.9. The molecular weight excluding hydrogens is 367 g/mol. The van der Waals surface area contributed by atoms with Crippen LogP contribution in [-0.4, -0.2) is 27.9 Å². The molecule has 2 aromatic rings. The molecule has 0 atom stereocenters. The molecular formula is C20H20ClFN4O. The normalized spacial score (nSPS) is 11.9. The minimum atomic E-state index is -0.534. The minimum Gasteiger partial charge on any atom is -0.491 e. The lowest BCUT2D eigenvalue weighted by Gasteiger charge is -2.14. The van der Waals surface area contributed by atoms with Gasteiger partial charge in [-0.2, -0.15) is 0 Å². The van der Waals surface area contributed by atoms with Crippen molar-refractivity contribution in [3.63, 3.8) is 0 Å². The number of pyridine rings is 1. The Morgan fingerprint density at radius 1 is 1.41 bits per heavy atom. The molecule has 0 spiro atoms. The number of halogens is 2. The van der Waals surface area contributed by atoms with Crippen LogP contribution in [0.15, 0.2) is 61.9 Å². The van der Waals surface area contributed by atoms with E-state index in [9.17, 15) is 4.39 Å². The van der Waals surface area contributed by atoms with Gasteiger partial charge < -0.3 is 10.1 Å². The number of rotatable bonds is 8. The van der Waals surface area contributed by atoms with E-state index in [0.717, 1.165) is 16.8 Å². The van der Waals surface area contributed by atoms with E-state index in [1.54, 1.807) is 18.5 Å². The molecule has 5 nitrogen and oxygen atoms in total. The Morgan fingerprint density at radius 2 is 2.19 bits per heavy atom. The lowest BCUT2D eigenvalue weighted by Crippen LogP contribution is -2.04. The maximum atomic E-state index is 14.4. The van der Waals surface area contributed by atoms with E-state index in [2.05, 4.69) is 33.4 Å². The third-order valence-electron chi connectivity index (χ3n) is 3.55. The van der Waals surface area contributed by atoms with Gasteiger partial charge in [0.25, 0.3) is 0 Å². The standard InChI is InChI=1S/C20H20ClFN4O/c1-5-6-16(22)14(7-9-21)19-24-12-18(27-4)20(26-19)25-17-8-10-23-11-15(17)13(2)3/h5-8,10-12H,1-2,9H2,3-4H3,(H,23,24,25,26)/b14-7+,16-6+. The predicted molar refractivity (Wildman–Crippen MR) is 109 cm³/mol. The number of hydrogen-bond donors (Lipinski definition) is 1. The minimum absolute atomic E-state index is 0.107. The Morgan fingerprint density at radius 3 is 2.81 bits per heavy atom. The first-order chi connectivity index (χ1) is 13.0. The molecule has 2 rings (SSSR count). The number of ether oxygens (including phenoxy) is 1. The van der Waals surface area contributed by atoms with Gasteiger partial charge in [0.15, 0.2) is 17.4 Å². The van der Waals surface area contributed by atoms with Crippen LogP contribution >= 0.6 is 11.6 Å². The van der Waals surface area contributed by atoms with Gasteiger partial charge in [-0.05, 0) is 24.6 Å². The Bertz CT molecular complexity index is 909. The number of aromatic nitrogens is 3. The highest BCUT2D eigenvalue weighted by Gasteiger charge is 2.15. The zero-order valence-electron chi connectivity index (χ0n) is 15.2. The number of methoxy groups -OCH3 is 1. The summed E-state index contributed by atoms with van der Waals surface area (Å²) in [6.45, 7) is 9.33. The molecule has 0 aromatic carbocycles. The fourth-order valence-electron chi connectivity index (χ4n) is 2.28. The fourth-order valence-corrected chi connectivity index (χ4v) is 2.43. The lowest BCUT2D eigenvalue weighted by molar-refractivity contribution is 0.413. The van der Waals surface area contributed by atoms with Gasteiger partial charge in [-0.1, -0.05) is 25.3 Å². The van der Waals surface area contributed by atoms with Crippen LogP contribution in [0.4, 0.5) is 15.9 Å². The summed E-state index contributed by atoms with van der Waals surface area (Å²) in [5.74, 6) is 0.522. The third kappa shape index (κ3) is 5.01. The van der Waals surface area contributed by atoms with Gasteiger partial charge in [0.05, 0.1) is 24.6 Å². The molecule has 0 saturated carbocycles. The highest BCUT2D eigenvalue weighted by atomic mass is 35.5. The van der Waals surface area contributed by atoms with E-state index in [1.165, 1.54) is 31.5 Å². The second-order valence-corrected chi connectivity index (χ2v) is 5.77. The summed E-state index contributed by atoms with van der Waals surface area (Å²) in [6, 6.07) is 1.79. The number of allylic oxidation sites excluding steroid dienone is 6. The molecule has 0 amide bonds. The molecule has 0 aliphatic heterocycles. The van der Waals surface area contributed by atoms with Crippen LogP contribution in [0.25, 0.3) is 11.1 Å². The van der Waals surface area contributed by atoms with Gasteiger partial charge in [0, 0.05) is 23.8 Å². The summed E-state index contributed by atoms with van der Waals surface area (Å²) in [7, 11) is 1.50. The molecule has 0 aliphatic carbocycles. The van der Waals surface area contributed by atoms with E-state index in [-0.39, 0.29) is 17.3 Å². The maximum Gasteiger partial charge on any atom is 0.179 e. The van der Waals surface area contributed by atoms with Crippen molar-refractivity contribution in [2.45, 2.75) is 6.92 Å². The zero-order chi connectivity index (χ0) is 19.8. The van der Waals surface area contributed by atoms with Crippen LogP contribution < -0.4 is 10.1 Å². The van der Waals surface area contributed by atoms with E-state index in [1.807, 2.05) is 6.92 Å². The summed E-state index contributed by atoms with van der Waals surface area (Å²) in [5.41, 5.74) is 2.58. The summed E-state index contributed by atoms with van der Waals surface area (Å²) in [4.78, 5) is 12.7. The molecule has 2 aromatic heterocycles. The molecule has 27 heavy (non-hydrogen) atoms. The van der Waals surface area contributed by atoms with E-state index in [4.69, 9.17) is 16.3 Å². The first-order valence-electron chi connectivity index (χ1n) is 8.04. The first-order valence-corrected chi connectivity index (χ1v) is 8.58. The van der Waals surface area contributed by atoms with Gasteiger partial charge in [0.2, 0.25) is 0 Å². The Balaban J connectivity index is 2.53. The topological polar surface area (TPSA) is 59.9 Å². The summed E-state index contributed by atoms with van der Waals surface area (Å²) >= 11 is 5.77. The quantitative estimate of drug-likeness (QED) is 0.491. The first kappa shape index (κ1) is 20.3. The SMILES string of the molecule is C=C/C=C(F)\C(=C/CCl)c1ncc(OC)c(Nc2ccncc2C(=C)C)n1. The van der Waals surface area contributed by atoms with Crippen LogP contribution in [0.2, 0.25) is 0 Å². The van der Waals surface area contributed by atoms with Gasteiger partial charge in [0.1, 0.15) is 5.83 Å². The van der Waals surface area contributed by atoms with Crippen LogP contribution in [0, 0.1) is 0 Å². The maximum absolute atomic E-state index is 14.4. The average Bonchev–Trinajstić information content (AvgIpc) is 2.66. The second-order valence-electron chi connectivity index (χ2n) is 5.46. The van der Waals surface area contributed by atoms with Crippen molar-refractivity contribution < 1.29 is 9.13 Å². The Kier molecular flexibility index (Phi) is 7.25. The van der Waals surface area contributed by atoms with Crippen molar-refractivity contribution in [2.75, 3.05) is 18.3 Å². The molecule has 0 unspecified atom stereocenters. The highest BCUT2D eigenvalue weighted by Crippen LogP contribution is 2.31. The van der Waals surface area contributed by atoms with Crippen LogP contribution in [0.1, 0.15) is 18.3 Å². The van der Waals surface area contributed by atoms with Gasteiger partial charge in [-0.3, -0.25) is 4.98 Å². The number of hydrogen-bond acceptors (Lipinski definition) is 5. The van der Waals surface area contributed by atoms with Crippen molar-refractivity contribution in [3.05, 3.63) is 73.3 Å². The fraction of sp³-hybridized carbons (Fsp3) is 0.150. The third-order valence-corrected chi connectivity index (χ3v) is 3.71. The number of alkyl halides is 1. The van der Waals surface area contributed by atoms with Crippen molar-refractivity contribution in [1.29, 1.82) is 0 Å². The number of nitrogens with one attached hydrogen (secondary N) is 1. The van der Waals surface area contributed by atoms with Crippen LogP contribution in [0.5, 0.6) is 5.75 Å². The summed E-state index contributed by atoms with van der Waals surface area (Å²) in [5, 5.41) is 3.18. The molecule has 7 heteroatoms. The van der Waals surface area contributed by atoms with Crippen LogP contribution in [-0.2, 0) is 0 Å². The van der Waals surface area contributed by atoms with Crippen molar-refractivity contribution in [2.24, 2.45) is 0 Å². The molecule has 1 N–H and O–H groups in total. The van der Waals surface area contributed by atoms with Gasteiger partial charge in [-0.15, -0.1) is 11.6 Å². The smallest absolute Gasteiger partial charge is 0.179 e. The molecule has 0 radical (unpaired) electrons. The van der Waals surface area contributed by atoms with E-state index < -0.39 is 5.83 Å². The van der Waals surface area contributed by atoms with Crippen molar-refractivity contribution in [3.8, 4) is 5.75 Å². The van der Waals surface area contributed by atoms with Crippen molar-refractivity contribution in [1.82, 2.24) is 15.0 Å². The number of anilines is 2. The lowest BCUT2D eigenvalue weighted by atomic mass is 10.1. The monoisotopic (exact) mass is 386 g/mol. The highest BCUT2D eigenvalue weighted by molar-refractivity contribution is 6.19. The molecule has 0 saturated heterocycles. The second kappa shape index (κ2) is 9.64. The average molecular weight is 387 g/mol. The van der Waals surface area contributed by atoms with Crippen LogP contribution in [0.3, 0.4) is 0 Å². The molecule has 0 aliphatic rings.